The zero-order valence-corrected chi connectivity index (χ0v) is 23.6. The number of aryl methyl sites for hydroxylation is 1. The first kappa shape index (κ1) is 29.2. The summed E-state index contributed by atoms with van der Waals surface area (Å²) in [5.74, 6) is 0.627. The lowest BCUT2D eigenvalue weighted by Gasteiger charge is -2.19. The quantitative estimate of drug-likeness (QED) is 0.326. The molecule has 0 fully saturated rings. The van der Waals surface area contributed by atoms with Gasteiger partial charge in [0.2, 0.25) is 5.91 Å². The summed E-state index contributed by atoms with van der Waals surface area (Å²) < 4.78 is 7.58. The number of aromatic nitrogens is 2. The van der Waals surface area contributed by atoms with E-state index in [0.717, 1.165) is 16.8 Å². The van der Waals surface area contributed by atoms with E-state index in [2.05, 4.69) is 15.6 Å². The summed E-state index contributed by atoms with van der Waals surface area (Å²) in [7, 11) is 1.57. The Bertz CT molecular complexity index is 1260. The molecule has 1 atom stereocenters. The molecule has 0 saturated heterocycles. The molecule has 0 aliphatic rings. The van der Waals surface area contributed by atoms with Crippen LogP contribution in [0.2, 0.25) is 5.02 Å². The lowest BCUT2D eigenvalue weighted by Crippen LogP contribution is -2.40. The van der Waals surface area contributed by atoms with Crippen molar-refractivity contribution >= 4 is 23.4 Å². The number of hydrogen-bond donors (Lipinski definition) is 3. The molecule has 0 aliphatic heterocycles. The van der Waals surface area contributed by atoms with Gasteiger partial charge in [0.25, 0.3) is 5.91 Å². The zero-order chi connectivity index (χ0) is 28.0. The largest absolute Gasteiger partial charge is 0.489 e. The molecule has 1 heterocycles. The number of ether oxygens (including phenoxy) is 1. The minimum Gasteiger partial charge on any atom is -0.489 e. The van der Waals surface area contributed by atoms with Crippen molar-refractivity contribution in [3.63, 3.8) is 0 Å². The van der Waals surface area contributed by atoms with Crippen LogP contribution in [0.5, 0.6) is 5.75 Å². The predicted molar refractivity (Wildman–Crippen MR) is 149 cm³/mol. The van der Waals surface area contributed by atoms with Crippen LogP contribution in [0.3, 0.4) is 0 Å². The highest BCUT2D eigenvalue weighted by molar-refractivity contribution is 6.32. The monoisotopic (exact) mass is 540 g/mol. The summed E-state index contributed by atoms with van der Waals surface area (Å²) in [6.07, 6.45) is 2.48. The minimum absolute atomic E-state index is 0.0404. The average Bonchev–Trinajstić information content (AvgIpc) is 3.30. The van der Waals surface area contributed by atoms with Crippen LogP contribution in [0, 0.1) is 0 Å². The van der Waals surface area contributed by atoms with Gasteiger partial charge < -0.3 is 25.0 Å². The Kier molecular flexibility index (Phi) is 9.57. The molecule has 38 heavy (non-hydrogen) atoms. The SMILES string of the molecule is CCn1cc(-c2ccc(C[C@@H](CC(=O)NC)NC(=O)c3ccc(OC(C)C)c(Cl)c3)cc2)nc1C(C)(C)O. The molecule has 0 spiro atoms. The molecule has 0 radical (unpaired) electrons. The van der Waals surface area contributed by atoms with Crippen LogP contribution in [0.15, 0.2) is 48.7 Å². The molecule has 2 amide bonds. The van der Waals surface area contributed by atoms with Gasteiger partial charge in [0.1, 0.15) is 17.2 Å². The second-order valence-electron chi connectivity index (χ2n) is 10.1. The maximum atomic E-state index is 13.0. The van der Waals surface area contributed by atoms with Gasteiger partial charge in [-0.3, -0.25) is 9.59 Å². The van der Waals surface area contributed by atoms with Crippen molar-refractivity contribution in [2.45, 2.75) is 71.8 Å². The molecule has 8 nitrogen and oxygen atoms in total. The zero-order valence-electron chi connectivity index (χ0n) is 22.8. The number of carbonyl (C=O) groups is 2. The Hall–Kier alpha value is -3.36. The molecule has 3 N–H and O–H groups in total. The third-order valence-electron chi connectivity index (χ3n) is 6.00. The average molecular weight is 541 g/mol. The lowest BCUT2D eigenvalue weighted by atomic mass is 10.0. The fourth-order valence-electron chi connectivity index (χ4n) is 4.14. The molecule has 204 valence electrons. The first-order valence-corrected chi connectivity index (χ1v) is 13.2. The predicted octanol–water partition coefficient (Wildman–Crippen LogP) is 4.72. The molecule has 0 unspecified atom stereocenters. The van der Waals surface area contributed by atoms with Crippen molar-refractivity contribution in [2.24, 2.45) is 0 Å². The fourth-order valence-corrected chi connectivity index (χ4v) is 4.37. The Morgan fingerprint density at radius 3 is 2.37 bits per heavy atom. The van der Waals surface area contributed by atoms with Crippen molar-refractivity contribution in [3.8, 4) is 17.0 Å². The Balaban J connectivity index is 1.76. The number of aliphatic hydroxyl groups is 1. The van der Waals surface area contributed by atoms with Crippen molar-refractivity contribution in [3.05, 3.63) is 70.6 Å². The number of nitrogens with zero attached hydrogens (tertiary/aromatic N) is 2. The standard InChI is InChI=1S/C29H37ClN4O4/c1-7-34-17-24(33-28(34)29(4,5)37)20-10-8-19(9-11-20)14-22(16-26(35)31-6)32-27(36)21-12-13-25(23(30)15-21)38-18(2)3/h8-13,15,17-18,22,37H,7,14,16H2,1-6H3,(H,31,35)(H,32,36)/t22-/m0/s1. The van der Waals surface area contributed by atoms with Gasteiger partial charge in [-0.05, 0) is 64.8 Å². The van der Waals surface area contributed by atoms with E-state index in [1.54, 1.807) is 39.1 Å². The van der Waals surface area contributed by atoms with Crippen LogP contribution < -0.4 is 15.4 Å². The summed E-state index contributed by atoms with van der Waals surface area (Å²) in [5.41, 5.74) is 1.98. The van der Waals surface area contributed by atoms with Crippen LogP contribution in [0.1, 0.15) is 62.8 Å². The lowest BCUT2D eigenvalue weighted by molar-refractivity contribution is -0.121. The Morgan fingerprint density at radius 1 is 1.16 bits per heavy atom. The number of hydrogen-bond acceptors (Lipinski definition) is 5. The molecule has 3 rings (SSSR count). The maximum absolute atomic E-state index is 13.0. The van der Waals surface area contributed by atoms with E-state index in [0.29, 0.717) is 35.1 Å². The van der Waals surface area contributed by atoms with Gasteiger partial charge in [-0.2, -0.15) is 0 Å². The molecular weight excluding hydrogens is 504 g/mol. The van der Waals surface area contributed by atoms with E-state index < -0.39 is 11.6 Å². The van der Waals surface area contributed by atoms with Crippen LogP contribution in [-0.4, -0.2) is 45.7 Å². The minimum atomic E-state index is -1.05. The van der Waals surface area contributed by atoms with Crippen molar-refractivity contribution in [2.75, 3.05) is 7.05 Å². The van der Waals surface area contributed by atoms with Crippen LogP contribution >= 0.6 is 11.6 Å². The number of benzene rings is 2. The van der Waals surface area contributed by atoms with Gasteiger partial charge in [-0.1, -0.05) is 35.9 Å². The number of amides is 2. The molecule has 0 saturated carbocycles. The summed E-state index contributed by atoms with van der Waals surface area (Å²) >= 11 is 6.31. The van der Waals surface area contributed by atoms with Gasteiger partial charge in [-0.25, -0.2) is 4.98 Å². The smallest absolute Gasteiger partial charge is 0.251 e. The number of rotatable bonds is 11. The number of halogens is 1. The number of carbonyl (C=O) groups excluding carboxylic acids is 2. The highest BCUT2D eigenvalue weighted by Gasteiger charge is 2.24. The van der Waals surface area contributed by atoms with Gasteiger partial charge in [0.15, 0.2) is 0 Å². The van der Waals surface area contributed by atoms with Crippen molar-refractivity contribution in [1.82, 2.24) is 20.2 Å². The topological polar surface area (TPSA) is 105 Å². The van der Waals surface area contributed by atoms with E-state index in [-0.39, 0.29) is 24.3 Å². The van der Waals surface area contributed by atoms with Gasteiger partial charge in [0, 0.05) is 43.4 Å². The fraction of sp³-hybridized carbons (Fsp3) is 0.414. The summed E-state index contributed by atoms with van der Waals surface area (Å²) in [4.78, 5) is 29.8. The van der Waals surface area contributed by atoms with E-state index in [1.165, 1.54) is 0 Å². The second-order valence-corrected chi connectivity index (χ2v) is 10.5. The molecule has 1 aromatic heterocycles. The molecule has 3 aromatic rings. The highest BCUT2D eigenvalue weighted by atomic mass is 35.5. The van der Waals surface area contributed by atoms with Gasteiger partial charge in [-0.15, -0.1) is 0 Å². The summed E-state index contributed by atoms with van der Waals surface area (Å²) in [6.45, 7) is 9.94. The first-order chi connectivity index (χ1) is 17.9. The van der Waals surface area contributed by atoms with Crippen LogP contribution in [-0.2, 0) is 23.4 Å². The van der Waals surface area contributed by atoms with E-state index >= 15 is 0 Å². The summed E-state index contributed by atoms with van der Waals surface area (Å²) in [5, 5.41) is 16.4. The van der Waals surface area contributed by atoms with Gasteiger partial charge >= 0.3 is 0 Å². The third-order valence-corrected chi connectivity index (χ3v) is 6.29. The third kappa shape index (κ3) is 7.58. The van der Waals surface area contributed by atoms with E-state index in [9.17, 15) is 14.7 Å². The first-order valence-electron chi connectivity index (χ1n) is 12.8. The van der Waals surface area contributed by atoms with Crippen LogP contribution in [0.25, 0.3) is 11.3 Å². The van der Waals surface area contributed by atoms with E-state index in [1.807, 2.05) is 55.8 Å². The van der Waals surface area contributed by atoms with Crippen molar-refractivity contribution in [1.29, 1.82) is 0 Å². The molecule has 2 aromatic carbocycles. The van der Waals surface area contributed by atoms with Crippen molar-refractivity contribution < 1.29 is 19.4 Å². The maximum Gasteiger partial charge on any atom is 0.251 e. The molecule has 9 heteroatoms. The Morgan fingerprint density at radius 2 is 1.84 bits per heavy atom. The van der Waals surface area contributed by atoms with Gasteiger partial charge in [0.05, 0.1) is 16.8 Å². The Labute approximate surface area is 229 Å². The highest BCUT2D eigenvalue weighted by Crippen LogP contribution is 2.27. The molecular formula is C29H37ClN4O4. The molecule has 0 bridgehead atoms. The second kappa shape index (κ2) is 12.5. The number of imidazole rings is 1. The van der Waals surface area contributed by atoms with Crippen LogP contribution in [0.4, 0.5) is 0 Å². The van der Waals surface area contributed by atoms with E-state index in [4.69, 9.17) is 16.3 Å². The summed E-state index contributed by atoms with van der Waals surface area (Å²) in [6, 6.07) is 12.3. The number of nitrogens with one attached hydrogen (secondary N) is 2. The molecule has 0 aliphatic carbocycles. The normalized spacial score (nSPS) is 12.3.